The van der Waals surface area contributed by atoms with E-state index < -0.39 is 0 Å². The Morgan fingerprint density at radius 1 is 1.21 bits per heavy atom. The second-order valence-corrected chi connectivity index (χ2v) is 3.46. The summed E-state index contributed by atoms with van der Waals surface area (Å²) in [7, 11) is 2.14. The molecule has 0 saturated heterocycles. The Hall–Kier alpha value is -1.02. The predicted molar refractivity (Wildman–Crippen MR) is 62.9 cm³/mol. The predicted octanol–water partition coefficient (Wildman–Crippen LogP) is 2.12. The molecule has 0 spiro atoms. The van der Waals surface area contributed by atoms with Gasteiger partial charge in [-0.2, -0.15) is 0 Å². The van der Waals surface area contributed by atoms with E-state index in [1.165, 1.54) is 12.1 Å². The van der Waals surface area contributed by atoms with Crippen LogP contribution in [0.1, 0.15) is 13.3 Å². The minimum Gasteiger partial charge on any atom is -0.375 e. The molecule has 0 radical (unpaired) electrons. The summed E-state index contributed by atoms with van der Waals surface area (Å²) in [5.41, 5.74) is 1.30. The van der Waals surface area contributed by atoms with Crippen LogP contribution in [0.3, 0.4) is 0 Å². The smallest absolute Gasteiger partial charge is 0.0363 e. The highest BCUT2D eigenvalue weighted by Gasteiger charge is 1.97. The van der Waals surface area contributed by atoms with E-state index in [0.29, 0.717) is 0 Å². The third-order valence-corrected chi connectivity index (χ3v) is 2.29. The summed E-state index contributed by atoms with van der Waals surface area (Å²) in [5.74, 6) is 0. The van der Waals surface area contributed by atoms with E-state index in [0.717, 1.165) is 19.6 Å². The molecule has 0 aliphatic carbocycles. The summed E-state index contributed by atoms with van der Waals surface area (Å²) in [5, 5.41) is 3.33. The fourth-order valence-corrected chi connectivity index (χ4v) is 1.43. The fraction of sp³-hybridized carbons (Fsp3) is 0.500. The summed E-state index contributed by atoms with van der Waals surface area (Å²) >= 11 is 0. The topological polar surface area (TPSA) is 15.3 Å². The zero-order valence-corrected chi connectivity index (χ0v) is 9.16. The van der Waals surface area contributed by atoms with E-state index >= 15 is 0 Å². The van der Waals surface area contributed by atoms with E-state index in [1.54, 1.807) is 0 Å². The Morgan fingerprint density at radius 3 is 2.57 bits per heavy atom. The lowest BCUT2D eigenvalue weighted by atomic mass is 10.3. The van der Waals surface area contributed by atoms with E-state index in [9.17, 15) is 0 Å². The van der Waals surface area contributed by atoms with Crippen LogP contribution in [0.15, 0.2) is 30.3 Å². The van der Waals surface area contributed by atoms with E-state index in [1.807, 2.05) is 0 Å². The number of hydrogen-bond donors (Lipinski definition) is 1. The molecule has 14 heavy (non-hydrogen) atoms. The van der Waals surface area contributed by atoms with Crippen LogP contribution in [0.5, 0.6) is 0 Å². The van der Waals surface area contributed by atoms with Crippen molar-refractivity contribution in [1.29, 1.82) is 0 Å². The Kier molecular flexibility index (Phi) is 5.08. The van der Waals surface area contributed by atoms with Crippen LogP contribution in [-0.4, -0.2) is 26.7 Å². The molecule has 2 heteroatoms. The fourth-order valence-electron chi connectivity index (χ4n) is 1.43. The van der Waals surface area contributed by atoms with Crippen LogP contribution in [0, 0.1) is 0 Å². The first-order valence-electron chi connectivity index (χ1n) is 5.31. The van der Waals surface area contributed by atoms with E-state index in [4.69, 9.17) is 0 Å². The normalized spacial score (nSPS) is 10.1. The first-order chi connectivity index (χ1) is 6.84. The second-order valence-electron chi connectivity index (χ2n) is 3.46. The highest BCUT2D eigenvalue weighted by molar-refractivity contribution is 5.44. The monoisotopic (exact) mass is 192 g/mol. The SMILES string of the molecule is CCNCCCN(C)c1ccccc1. The van der Waals surface area contributed by atoms with Crippen molar-refractivity contribution in [2.75, 3.05) is 31.6 Å². The van der Waals surface area contributed by atoms with Gasteiger partial charge in [0.05, 0.1) is 0 Å². The lowest BCUT2D eigenvalue weighted by Crippen LogP contribution is -2.23. The van der Waals surface area contributed by atoms with Gasteiger partial charge in [-0.3, -0.25) is 0 Å². The minimum absolute atomic E-state index is 1.06. The number of rotatable bonds is 6. The van der Waals surface area contributed by atoms with Gasteiger partial charge in [-0.05, 0) is 31.6 Å². The highest BCUT2D eigenvalue weighted by Crippen LogP contribution is 2.10. The van der Waals surface area contributed by atoms with Gasteiger partial charge in [0, 0.05) is 19.3 Å². The third kappa shape index (κ3) is 3.79. The van der Waals surface area contributed by atoms with Crippen molar-refractivity contribution in [3.63, 3.8) is 0 Å². The van der Waals surface area contributed by atoms with Crippen molar-refractivity contribution in [2.24, 2.45) is 0 Å². The average Bonchev–Trinajstić information content (AvgIpc) is 2.25. The molecule has 78 valence electrons. The third-order valence-electron chi connectivity index (χ3n) is 2.29. The van der Waals surface area contributed by atoms with Crippen LogP contribution in [0.2, 0.25) is 0 Å². The minimum atomic E-state index is 1.06. The van der Waals surface area contributed by atoms with Crippen molar-refractivity contribution in [1.82, 2.24) is 5.32 Å². The maximum Gasteiger partial charge on any atom is 0.0363 e. The number of anilines is 1. The molecule has 0 aliphatic heterocycles. The molecule has 0 heterocycles. The standard InChI is InChI=1S/C12H20N2/c1-3-13-10-7-11-14(2)12-8-5-4-6-9-12/h4-6,8-9,13H,3,7,10-11H2,1-2H3. The van der Waals surface area contributed by atoms with Crippen LogP contribution in [0.25, 0.3) is 0 Å². The number of hydrogen-bond acceptors (Lipinski definition) is 2. The Labute approximate surface area is 86.9 Å². The molecule has 0 fully saturated rings. The van der Waals surface area contributed by atoms with Crippen molar-refractivity contribution in [2.45, 2.75) is 13.3 Å². The Balaban J connectivity index is 2.25. The molecule has 0 atom stereocenters. The first-order valence-corrected chi connectivity index (χ1v) is 5.31. The lowest BCUT2D eigenvalue weighted by molar-refractivity contribution is 0.667. The zero-order chi connectivity index (χ0) is 10.2. The molecule has 2 nitrogen and oxygen atoms in total. The summed E-state index contributed by atoms with van der Waals surface area (Å²) < 4.78 is 0. The quantitative estimate of drug-likeness (QED) is 0.695. The molecular weight excluding hydrogens is 172 g/mol. The summed E-state index contributed by atoms with van der Waals surface area (Å²) in [4.78, 5) is 2.29. The van der Waals surface area contributed by atoms with E-state index in [-0.39, 0.29) is 0 Å². The van der Waals surface area contributed by atoms with Gasteiger partial charge in [0.1, 0.15) is 0 Å². The van der Waals surface area contributed by atoms with Gasteiger partial charge in [0.15, 0.2) is 0 Å². The largest absolute Gasteiger partial charge is 0.375 e. The Morgan fingerprint density at radius 2 is 1.93 bits per heavy atom. The van der Waals surface area contributed by atoms with Gasteiger partial charge in [0.2, 0.25) is 0 Å². The second kappa shape index (κ2) is 6.44. The van der Waals surface area contributed by atoms with Crippen molar-refractivity contribution in [3.05, 3.63) is 30.3 Å². The lowest BCUT2D eigenvalue weighted by Gasteiger charge is -2.18. The molecule has 0 bridgehead atoms. The molecule has 0 saturated carbocycles. The molecule has 1 N–H and O–H groups in total. The summed E-state index contributed by atoms with van der Waals surface area (Å²) in [6.45, 7) is 5.42. The van der Waals surface area contributed by atoms with Crippen molar-refractivity contribution < 1.29 is 0 Å². The van der Waals surface area contributed by atoms with Gasteiger partial charge in [-0.25, -0.2) is 0 Å². The average molecular weight is 192 g/mol. The highest BCUT2D eigenvalue weighted by atomic mass is 15.1. The molecule has 1 aromatic carbocycles. The summed E-state index contributed by atoms with van der Waals surface area (Å²) in [6.07, 6.45) is 1.19. The molecule has 0 unspecified atom stereocenters. The van der Waals surface area contributed by atoms with Crippen LogP contribution < -0.4 is 10.2 Å². The maximum absolute atomic E-state index is 3.33. The van der Waals surface area contributed by atoms with Gasteiger partial charge < -0.3 is 10.2 Å². The number of para-hydroxylation sites is 1. The van der Waals surface area contributed by atoms with Crippen LogP contribution in [0.4, 0.5) is 5.69 Å². The zero-order valence-electron chi connectivity index (χ0n) is 9.16. The molecule has 0 amide bonds. The number of nitrogens with one attached hydrogen (secondary N) is 1. The number of benzene rings is 1. The molecule has 1 rings (SSSR count). The molecule has 1 aromatic rings. The van der Waals surface area contributed by atoms with Crippen molar-refractivity contribution >= 4 is 5.69 Å². The van der Waals surface area contributed by atoms with Gasteiger partial charge >= 0.3 is 0 Å². The number of nitrogens with zero attached hydrogens (tertiary/aromatic N) is 1. The van der Waals surface area contributed by atoms with Crippen LogP contribution >= 0.6 is 0 Å². The van der Waals surface area contributed by atoms with Crippen molar-refractivity contribution in [3.8, 4) is 0 Å². The Bertz CT molecular complexity index is 233. The van der Waals surface area contributed by atoms with Gasteiger partial charge in [0.25, 0.3) is 0 Å². The first kappa shape index (κ1) is 11.1. The summed E-state index contributed by atoms with van der Waals surface area (Å²) in [6, 6.07) is 10.5. The molecule has 0 aromatic heterocycles. The van der Waals surface area contributed by atoms with E-state index in [2.05, 4.69) is 54.5 Å². The van der Waals surface area contributed by atoms with Gasteiger partial charge in [-0.15, -0.1) is 0 Å². The van der Waals surface area contributed by atoms with Crippen LogP contribution in [-0.2, 0) is 0 Å². The maximum atomic E-state index is 3.33. The molecule has 0 aliphatic rings. The molecular formula is C12H20N2. The van der Waals surface area contributed by atoms with Gasteiger partial charge in [-0.1, -0.05) is 25.1 Å².